The number of nitrogens with zero attached hydrogens (tertiary/aromatic N) is 3. The molecule has 0 aromatic carbocycles. The smallest absolute Gasteiger partial charge is 0.126 e. The van der Waals surface area contributed by atoms with Gasteiger partial charge in [0.1, 0.15) is 5.82 Å². The Labute approximate surface area is 120 Å². The molecule has 0 unspecified atom stereocenters. The fraction of sp³-hybridized carbons (Fsp3) is 0.643. The Kier molecular flexibility index (Phi) is 5.43. The first-order chi connectivity index (χ1) is 9.19. The molecule has 106 valence electrons. The minimum absolute atomic E-state index is 0.743. The second-order valence-electron chi connectivity index (χ2n) is 5.16. The molecule has 1 aliphatic heterocycles. The van der Waals surface area contributed by atoms with Gasteiger partial charge in [-0.25, -0.2) is 4.98 Å². The number of hydrogen-bond acceptors (Lipinski definition) is 4. The molecule has 0 aliphatic carbocycles. The van der Waals surface area contributed by atoms with E-state index in [1.807, 2.05) is 19.2 Å². The molecule has 1 fully saturated rings. The van der Waals surface area contributed by atoms with Gasteiger partial charge in [0.15, 0.2) is 0 Å². The van der Waals surface area contributed by atoms with Gasteiger partial charge in [0, 0.05) is 26.7 Å². The van der Waals surface area contributed by atoms with E-state index in [2.05, 4.69) is 27.1 Å². The zero-order valence-corrected chi connectivity index (χ0v) is 12.6. The van der Waals surface area contributed by atoms with Crippen LogP contribution in [0.2, 0.25) is 5.02 Å². The summed E-state index contributed by atoms with van der Waals surface area (Å²) in [6, 6.07) is 3.81. The number of anilines is 1. The van der Waals surface area contributed by atoms with Crippen LogP contribution in [0.1, 0.15) is 18.5 Å². The summed E-state index contributed by atoms with van der Waals surface area (Å²) in [5.41, 5.74) is 0.942. The highest BCUT2D eigenvalue weighted by atomic mass is 35.5. The molecule has 19 heavy (non-hydrogen) atoms. The second-order valence-corrected chi connectivity index (χ2v) is 5.57. The van der Waals surface area contributed by atoms with E-state index in [1.54, 1.807) is 0 Å². The summed E-state index contributed by atoms with van der Waals surface area (Å²) >= 11 is 6.20. The summed E-state index contributed by atoms with van der Waals surface area (Å²) in [4.78, 5) is 9.32. The number of aromatic nitrogens is 1. The number of likely N-dealkylation sites (tertiary alicyclic amines) is 1. The number of hydrogen-bond donors (Lipinski definition) is 1. The van der Waals surface area contributed by atoms with Gasteiger partial charge in [-0.05, 0) is 45.1 Å². The fourth-order valence-corrected chi connectivity index (χ4v) is 2.55. The van der Waals surface area contributed by atoms with Crippen molar-refractivity contribution in [2.24, 2.45) is 0 Å². The number of pyridine rings is 1. The monoisotopic (exact) mass is 282 g/mol. The molecule has 1 aliphatic rings. The molecule has 5 heteroatoms. The van der Waals surface area contributed by atoms with Crippen LogP contribution in [0.25, 0.3) is 0 Å². The molecule has 0 amide bonds. The van der Waals surface area contributed by atoms with Crippen molar-refractivity contribution in [1.29, 1.82) is 0 Å². The van der Waals surface area contributed by atoms with Gasteiger partial charge in [-0.15, -0.1) is 0 Å². The van der Waals surface area contributed by atoms with Gasteiger partial charge in [0.25, 0.3) is 0 Å². The first-order valence-electron chi connectivity index (χ1n) is 6.93. The maximum absolute atomic E-state index is 6.20. The van der Waals surface area contributed by atoms with Crippen molar-refractivity contribution in [2.75, 3.05) is 45.6 Å². The lowest BCUT2D eigenvalue weighted by Gasteiger charge is -2.21. The van der Waals surface area contributed by atoms with Crippen LogP contribution in [0.4, 0.5) is 5.82 Å². The van der Waals surface area contributed by atoms with E-state index in [1.165, 1.54) is 25.9 Å². The maximum Gasteiger partial charge on any atom is 0.126 e. The van der Waals surface area contributed by atoms with E-state index in [9.17, 15) is 0 Å². The SMILES string of the molecule is CNc1ccc(Cl)c(CN(C)CCN2CCCC2)n1. The molecule has 0 bridgehead atoms. The topological polar surface area (TPSA) is 31.4 Å². The van der Waals surface area contributed by atoms with Gasteiger partial charge < -0.3 is 10.2 Å². The van der Waals surface area contributed by atoms with Gasteiger partial charge in [-0.2, -0.15) is 0 Å². The van der Waals surface area contributed by atoms with Crippen LogP contribution in [0.5, 0.6) is 0 Å². The van der Waals surface area contributed by atoms with E-state index in [4.69, 9.17) is 11.6 Å². The first kappa shape index (κ1) is 14.6. The third-order valence-corrected chi connectivity index (χ3v) is 3.94. The largest absolute Gasteiger partial charge is 0.373 e. The van der Waals surface area contributed by atoms with Crippen molar-refractivity contribution in [3.8, 4) is 0 Å². The van der Waals surface area contributed by atoms with Crippen LogP contribution in [-0.4, -0.2) is 55.1 Å². The fourth-order valence-electron chi connectivity index (χ4n) is 2.39. The molecule has 0 saturated carbocycles. The van der Waals surface area contributed by atoms with Crippen molar-refractivity contribution >= 4 is 17.4 Å². The lowest BCUT2D eigenvalue weighted by Crippen LogP contribution is -2.31. The maximum atomic E-state index is 6.20. The average Bonchev–Trinajstić information content (AvgIpc) is 2.92. The Balaban J connectivity index is 1.85. The standard InChI is InChI=1S/C14H23ClN4/c1-16-14-6-5-12(15)13(17-14)11-18(2)9-10-19-7-3-4-8-19/h5-6H,3-4,7-11H2,1-2H3,(H,16,17). The van der Waals surface area contributed by atoms with Crippen LogP contribution in [-0.2, 0) is 6.54 Å². The highest BCUT2D eigenvalue weighted by molar-refractivity contribution is 6.31. The quantitative estimate of drug-likeness (QED) is 0.868. The lowest BCUT2D eigenvalue weighted by molar-refractivity contribution is 0.251. The van der Waals surface area contributed by atoms with Gasteiger partial charge >= 0.3 is 0 Å². The number of nitrogens with one attached hydrogen (secondary N) is 1. The molecular formula is C14H23ClN4. The van der Waals surface area contributed by atoms with E-state index >= 15 is 0 Å². The minimum Gasteiger partial charge on any atom is -0.373 e. The summed E-state index contributed by atoms with van der Waals surface area (Å²) in [5, 5.41) is 3.79. The van der Waals surface area contributed by atoms with E-state index in [0.29, 0.717) is 0 Å². The normalized spacial score (nSPS) is 16.2. The Bertz CT molecular complexity index is 404. The molecule has 2 heterocycles. The van der Waals surface area contributed by atoms with E-state index in [0.717, 1.165) is 36.2 Å². The Morgan fingerprint density at radius 1 is 1.37 bits per heavy atom. The van der Waals surface area contributed by atoms with Gasteiger partial charge in [0.05, 0.1) is 10.7 Å². The van der Waals surface area contributed by atoms with Crippen LogP contribution in [0.3, 0.4) is 0 Å². The molecular weight excluding hydrogens is 260 g/mol. The highest BCUT2D eigenvalue weighted by Gasteiger charge is 2.13. The molecule has 1 aromatic heterocycles. The third-order valence-electron chi connectivity index (χ3n) is 3.59. The molecule has 0 radical (unpaired) electrons. The van der Waals surface area contributed by atoms with Crippen molar-refractivity contribution in [3.63, 3.8) is 0 Å². The molecule has 1 aromatic rings. The molecule has 0 spiro atoms. The molecule has 1 N–H and O–H groups in total. The summed E-state index contributed by atoms with van der Waals surface area (Å²) in [6.07, 6.45) is 2.70. The Morgan fingerprint density at radius 2 is 2.11 bits per heavy atom. The van der Waals surface area contributed by atoms with Gasteiger partial charge in [-0.3, -0.25) is 4.90 Å². The lowest BCUT2D eigenvalue weighted by atomic mass is 10.3. The van der Waals surface area contributed by atoms with Crippen LogP contribution in [0, 0.1) is 0 Å². The highest BCUT2D eigenvalue weighted by Crippen LogP contribution is 2.18. The molecule has 4 nitrogen and oxygen atoms in total. The zero-order valence-electron chi connectivity index (χ0n) is 11.8. The van der Waals surface area contributed by atoms with Crippen LogP contribution >= 0.6 is 11.6 Å². The summed E-state index contributed by atoms with van der Waals surface area (Å²) in [5.74, 6) is 0.868. The third kappa shape index (κ3) is 4.34. The van der Waals surface area contributed by atoms with Gasteiger partial charge in [0.2, 0.25) is 0 Å². The number of rotatable bonds is 6. The summed E-state index contributed by atoms with van der Waals surface area (Å²) in [7, 11) is 4.00. The Morgan fingerprint density at radius 3 is 2.79 bits per heavy atom. The van der Waals surface area contributed by atoms with Crippen molar-refractivity contribution in [2.45, 2.75) is 19.4 Å². The minimum atomic E-state index is 0.743. The molecule has 0 atom stereocenters. The van der Waals surface area contributed by atoms with Gasteiger partial charge in [-0.1, -0.05) is 11.6 Å². The predicted molar refractivity (Wildman–Crippen MR) is 80.8 cm³/mol. The van der Waals surface area contributed by atoms with Crippen molar-refractivity contribution < 1.29 is 0 Å². The summed E-state index contributed by atoms with van der Waals surface area (Å²) < 4.78 is 0. The average molecular weight is 283 g/mol. The second kappa shape index (κ2) is 7.08. The Hall–Kier alpha value is -0.840. The van der Waals surface area contributed by atoms with Crippen LogP contribution in [0.15, 0.2) is 12.1 Å². The zero-order chi connectivity index (χ0) is 13.7. The van der Waals surface area contributed by atoms with E-state index < -0.39 is 0 Å². The van der Waals surface area contributed by atoms with E-state index in [-0.39, 0.29) is 0 Å². The molecule has 2 rings (SSSR count). The first-order valence-corrected chi connectivity index (χ1v) is 7.31. The number of likely N-dealkylation sites (N-methyl/N-ethyl adjacent to an activating group) is 1. The van der Waals surface area contributed by atoms with Crippen LogP contribution < -0.4 is 5.32 Å². The summed E-state index contributed by atoms with van der Waals surface area (Å²) in [6.45, 7) is 5.49. The number of halogens is 1. The predicted octanol–water partition coefficient (Wildman–Crippen LogP) is 2.30. The molecule has 1 saturated heterocycles. The van der Waals surface area contributed by atoms with Crippen molar-refractivity contribution in [3.05, 3.63) is 22.8 Å². The van der Waals surface area contributed by atoms with Crippen molar-refractivity contribution in [1.82, 2.24) is 14.8 Å².